The van der Waals surface area contributed by atoms with Gasteiger partial charge in [0.25, 0.3) is 0 Å². The summed E-state index contributed by atoms with van der Waals surface area (Å²) in [5.74, 6) is -1.21. The van der Waals surface area contributed by atoms with Gasteiger partial charge in [-0.25, -0.2) is 4.31 Å². The Labute approximate surface area is 106 Å². The summed E-state index contributed by atoms with van der Waals surface area (Å²) >= 11 is 0. The maximum absolute atomic E-state index is 12.0. The zero-order valence-electron chi connectivity index (χ0n) is 10.0. The first-order valence-electron chi connectivity index (χ1n) is 5.51. The van der Waals surface area contributed by atoms with Gasteiger partial charge in [0.1, 0.15) is 6.54 Å². The summed E-state index contributed by atoms with van der Waals surface area (Å²) in [6.45, 7) is 1.49. The van der Waals surface area contributed by atoms with Crippen molar-refractivity contribution in [2.24, 2.45) is 0 Å². The van der Waals surface area contributed by atoms with E-state index in [0.717, 1.165) is 4.31 Å². The monoisotopic (exact) mass is 272 g/mol. The maximum Gasteiger partial charge on any atom is 0.324 e. The topological polar surface area (TPSA) is 86.7 Å². The lowest BCUT2D eigenvalue weighted by molar-refractivity contribution is -0.135. The van der Waals surface area contributed by atoms with Gasteiger partial charge in [0.05, 0.1) is 5.69 Å². The summed E-state index contributed by atoms with van der Waals surface area (Å²) in [6.07, 6.45) is 0.634. The van der Waals surface area contributed by atoms with Crippen LogP contribution in [0.15, 0.2) is 30.3 Å². The molecule has 100 valence electrons. The van der Waals surface area contributed by atoms with Gasteiger partial charge >= 0.3 is 16.2 Å². The van der Waals surface area contributed by atoms with Gasteiger partial charge in [-0.3, -0.25) is 4.79 Å². The number of hydrogen-bond acceptors (Lipinski definition) is 3. The minimum absolute atomic E-state index is 0.269. The minimum Gasteiger partial charge on any atom is -0.480 e. The number of carboxylic acids is 1. The lowest BCUT2D eigenvalue weighted by Crippen LogP contribution is -2.43. The van der Waals surface area contributed by atoms with Gasteiger partial charge in [-0.2, -0.15) is 13.1 Å². The lowest BCUT2D eigenvalue weighted by atomic mass is 10.3. The highest BCUT2D eigenvalue weighted by atomic mass is 32.2. The van der Waals surface area contributed by atoms with E-state index in [0.29, 0.717) is 12.1 Å². The molecule has 0 aliphatic carbocycles. The summed E-state index contributed by atoms with van der Waals surface area (Å²) < 4.78 is 27.1. The molecule has 0 unspecified atom stereocenters. The Balaban J connectivity index is 3.02. The Kier molecular flexibility index (Phi) is 5.11. The number of anilines is 1. The van der Waals surface area contributed by atoms with Gasteiger partial charge in [0.15, 0.2) is 0 Å². The zero-order valence-corrected chi connectivity index (χ0v) is 10.9. The Bertz CT molecular complexity index is 487. The van der Waals surface area contributed by atoms with Crippen molar-refractivity contribution in [1.29, 1.82) is 0 Å². The summed E-state index contributed by atoms with van der Waals surface area (Å²) in [5.41, 5.74) is 0.323. The molecule has 0 heterocycles. The average molecular weight is 272 g/mol. The normalized spacial score (nSPS) is 11.2. The number of nitrogens with one attached hydrogen (secondary N) is 1. The molecule has 0 fully saturated rings. The first-order chi connectivity index (χ1) is 8.47. The first kappa shape index (κ1) is 14.5. The summed E-state index contributed by atoms with van der Waals surface area (Å²) in [4.78, 5) is 10.8. The quantitative estimate of drug-likeness (QED) is 0.769. The van der Waals surface area contributed by atoms with E-state index < -0.39 is 22.7 Å². The van der Waals surface area contributed by atoms with Crippen LogP contribution in [0.1, 0.15) is 13.3 Å². The van der Waals surface area contributed by atoms with Crippen LogP contribution in [0.3, 0.4) is 0 Å². The highest BCUT2D eigenvalue weighted by Gasteiger charge is 2.23. The van der Waals surface area contributed by atoms with Crippen molar-refractivity contribution in [3.8, 4) is 0 Å². The van der Waals surface area contributed by atoms with Gasteiger partial charge in [-0.05, 0) is 18.6 Å². The van der Waals surface area contributed by atoms with Gasteiger partial charge in [-0.15, -0.1) is 0 Å². The molecule has 0 radical (unpaired) electrons. The van der Waals surface area contributed by atoms with Gasteiger partial charge < -0.3 is 5.11 Å². The summed E-state index contributed by atoms with van der Waals surface area (Å²) in [7, 11) is -3.83. The maximum atomic E-state index is 12.0. The second-order valence-electron chi connectivity index (χ2n) is 3.64. The Morgan fingerprint density at radius 3 is 2.44 bits per heavy atom. The van der Waals surface area contributed by atoms with Crippen LogP contribution in [0.4, 0.5) is 5.69 Å². The van der Waals surface area contributed by atoms with Crippen LogP contribution in [0.2, 0.25) is 0 Å². The first-order valence-corrected chi connectivity index (χ1v) is 6.95. The summed E-state index contributed by atoms with van der Waals surface area (Å²) in [5, 5.41) is 8.80. The Hall–Kier alpha value is -1.60. The molecule has 0 aliphatic heterocycles. The highest BCUT2D eigenvalue weighted by molar-refractivity contribution is 7.90. The number of aliphatic carboxylic acids is 1. The SMILES string of the molecule is CCCNS(=O)(=O)N(CC(=O)O)c1ccccc1. The summed E-state index contributed by atoms with van der Waals surface area (Å²) in [6, 6.07) is 8.13. The molecule has 1 rings (SSSR count). The van der Waals surface area contributed by atoms with Gasteiger partial charge in [0.2, 0.25) is 0 Å². The van der Waals surface area contributed by atoms with Crippen LogP contribution < -0.4 is 9.03 Å². The smallest absolute Gasteiger partial charge is 0.324 e. The second kappa shape index (κ2) is 6.36. The molecular weight excluding hydrogens is 256 g/mol. The number of rotatable bonds is 7. The molecular formula is C11H16N2O4S. The third kappa shape index (κ3) is 4.01. The highest BCUT2D eigenvalue weighted by Crippen LogP contribution is 2.16. The fraction of sp³-hybridized carbons (Fsp3) is 0.364. The van der Waals surface area contributed by atoms with Crippen molar-refractivity contribution in [1.82, 2.24) is 4.72 Å². The van der Waals surface area contributed by atoms with E-state index in [1.807, 2.05) is 6.92 Å². The zero-order chi connectivity index (χ0) is 13.6. The molecule has 7 heteroatoms. The van der Waals surface area contributed by atoms with E-state index in [1.54, 1.807) is 30.3 Å². The average Bonchev–Trinajstić information content (AvgIpc) is 2.34. The van der Waals surface area contributed by atoms with Crippen molar-refractivity contribution in [3.63, 3.8) is 0 Å². The van der Waals surface area contributed by atoms with Crippen molar-refractivity contribution in [2.45, 2.75) is 13.3 Å². The second-order valence-corrected chi connectivity index (χ2v) is 5.31. The van der Waals surface area contributed by atoms with Crippen molar-refractivity contribution in [3.05, 3.63) is 30.3 Å². The van der Waals surface area contributed by atoms with Gasteiger partial charge in [0, 0.05) is 6.54 Å². The van der Waals surface area contributed by atoms with E-state index in [-0.39, 0.29) is 6.54 Å². The number of nitrogens with zero attached hydrogens (tertiary/aromatic N) is 1. The van der Waals surface area contributed by atoms with Crippen molar-refractivity contribution >= 4 is 21.9 Å². The Morgan fingerprint density at radius 2 is 1.94 bits per heavy atom. The molecule has 0 saturated carbocycles. The Morgan fingerprint density at radius 1 is 1.33 bits per heavy atom. The van der Waals surface area contributed by atoms with Crippen molar-refractivity contribution < 1.29 is 18.3 Å². The number of hydrogen-bond donors (Lipinski definition) is 2. The molecule has 0 aliphatic rings. The van der Waals surface area contributed by atoms with Crippen LogP contribution in [0.25, 0.3) is 0 Å². The van der Waals surface area contributed by atoms with Crippen molar-refractivity contribution in [2.75, 3.05) is 17.4 Å². The minimum atomic E-state index is -3.83. The number of carboxylic acid groups (broad SMARTS) is 1. The molecule has 0 atom stereocenters. The fourth-order valence-corrected chi connectivity index (χ4v) is 2.64. The number of benzene rings is 1. The predicted molar refractivity (Wildman–Crippen MR) is 68.6 cm³/mol. The molecule has 0 saturated heterocycles. The lowest BCUT2D eigenvalue weighted by Gasteiger charge is -2.22. The van der Waals surface area contributed by atoms with Crippen LogP contribution in [-0.2, 0) is 15.0 Å². The fourth-order valence-electron chi connectivity index (χ4n) is 1.34. The van der Waals surface area contributed by atoms with Crippen LogP contribution >= 0.6 is 0 Å². The molecule has 0 spiro atoms. The molecule has 1 aromatic rings. The number of carbonyl (C=O) groups is 1. The van der Waals surface area contributed by atoms with E-state index in [1.165, 1.54) is 0 Å². The van der Waals surface area contributed by atoms with E-state index in [9.17, 15) is 13.2 Å². The molecule has 0 amide bonds. The molecule has 0 bridgehead atoms. The predicted octanol–water partition coefficient (Wildman–Crippen LogP) is 0.822. The van der Waals surface area contributed by atoms with Crippen LogP contribution in [0, 0.1) is 0 Å². The van der Waals surface area contributed by atoms with Crippen LogP contribution in [0.5, 0.6) is 0 Å². The number of para-hydroxylation sites is 1. The largest absolute Gasteiger partial charge is 0.480 e. The van der Waals surface area contributed by atoms with Gasteiger partial charge in [-0.1, -0.05) is 25.1 Å². The molecule has 18 heavy (non-hydrogen) atoms. The molecule has 2 N–H and O–H groups in total. The van der Waals surface area contributed by atoms with E-state index >= 15 is 0 Å². The van der Waals surface area contributed by atoms with E-state index in [4.69, 9.17) is 5.11 Å². The third-order valence-electron chi connectivity index (χ3n) is 2.15. The van der Waals surface area contributed by atoms with Crippen LogP contribution in [-0.4, -0.2) is 32.6 Å². The third-order valence-corrected chi connectivity index (χ3v) is 3.64. The molecule has 0 aromatic heterocycles. The molecule has 1 aromatic carbocycles. The molecule has 6 nitrogen and oxygen atoms in total. The van der Waals surface area contributed by atoms with E-state index in [2.05, 4.69) is 4.72 Å². The standard InChI is InChI=1S/C11H16N2O4S/c1-2-8-12-18(16,17)13(9-11(14)15)10-6-4-3-5-7-10/h3-7,12H,2,8-9H2,1H3,(H,14,15).